The van der Waals surface area contributed by atoms with E-state index in [4.69, 9.17) is 0 Å². The normalized spacial score (nSPS) is 11.4. The first-order chi connectivity index (χ1) is 9.85. The maximum atomic E-state index is 13.3. The van der Waals surface area contributed by atoms with Gasteiger partial charge in [0.05, 0.1) is 11.4 Å². The highest BCUT2D eigenvalue weighted by Gasteiger charge is 2.15. The number of nitrogens with zero attached hydrogens (tertiary/aromatic N) is 2. The molecule has 0 radical (unpaired) electrons. The molecule has 112 valence electrons. The number of hydrogen-bond donors (Lipinski definition) is 1. The number of halogens is 1. The van der Waals surface area contributed by atoms with Crippen molar-refractivity contribution in [2.45, 2.75) is 31.5 Å². The van der Waals surface area contributed by atoms with Gasteiger partial charge in [0, 0.05) is 17.9 Å². The predicted molar refractivity (Wildman–Crippen MR) is 82.1 cm³/mol. The number of carbonyl (C=O) groups excluding carboxylic acids is 1. The third-order valence-corrected chi connectivity index (χ3v) is 3.51. The molecule has 4 nitrogen and oxygen atoms in total. The van der Waals surface area contributed by atoms with Gasteiger partial charge in [-0.1, -0.05) is 17.8 Å². The summed E-state index contributed by atoms with van der Waals surface area (Å²) in [6.07, 6.45) is 3.38. The Kier molecular flexibility index (Phi) is 4.67. The molecule has 0 unspecified atom stereocenters. The van der Waals surface area contributed by atoms with Gasteiger partial charge < -0.3 is 5.32 Å². The van der Waals surface area contributed by atoms with Crippen molar-refractivity contribution in [2.24, 2.45) is 0 Å². The second-order valence-electron chi connectivity index (χ2n) is 5.65. The lowest BCUT2D eigenvalue weighted by Gasteiger charge is -2.20. The SMILES string of the molecule is CC(C)(C)NC(=O)CSc1nccn1-c1cccc(F)c1. The van der Waals surface area contributed by atoms with Gasteiger partial charge >= 0.3 is 0 Å². The average molecular weight is 307 g/mol. The maximum absolute atomic E-state index is 13.3. The molecule has 0 bridgehead atoms. The molecule has 2 aromatic rings. The van der Waals surface area contributed by atoms with E-state index in [0.29, 0.717) is 10.8 Å². The first kappa shape index (κ1) is 15.6. The number of nitrogens with one attached hydrogen (secondary N) is 1. The lowest BCUT2D eigenvalue weighted by molar-refractivity contribution is -0.119. The van der Waals surface area contributed by atoms with Crippen LogP contribution in [0.3, 0.4) is 0 Å². The zero-order valence-electron chi connectivity index (χ0n) is 12.3. The molecule has 1 amide bonds. The molecule has 1 heterocycles. The van der Waals surface area contributed by atoms with Crippen LogP contribution < -0.4 is 5.32 Å². The number of hydrogen-bond acceptors (Lipinski definition) is 3. The second kappa shape index (κ2) is 6.30. The van der Waals surface area contributed by atoms with E-state index in [1.165, 1.54) is 23.9 Å². The van der Waals surface area contributed by atoms with Crippen LogP contribution in [0.15, 0.2) is 41.8 Å². The van der Waals surface area contributed by atoms with Gasteiger partial charge in [-0.2, -0.15) is 0 Å². The maximum Gasteiger partial charge on any atom is 0.230 e. The van der Waals surface area contributed by atoms with Gasteiger partial charge in [-0.05, 0) is 39.0 Å². The molecule has 0 aliphatic carbocycles. The topological polar surface area (TPSA) is 46.9 Å². The van der Waals surface area contributed by atoms with E-state index >= 15 is 0 Å². The summed E-state index contributed by atoms with van der Waals surface area (Å²) in [5, 5.41) is 3.55. The highest BCUT2D eigenvalue weighted by molar-refractivity contribution is 7.99. The minimum absolute atomic E-state index is 0.0544. The predicted octanol–water partition coefficient (Wildman–Crippen LogP) is 3.02. The molecule has 0 atom stereocenters. The minimum atomic E-state index is -0.303. The van der Waals surface area contributed by atoms with E-state index in [9.17, 15) is 9.18 Å². The summed E-state index contributed by atoms with van der Waals surface area (Å²) in [6, 6.07) is 6.26. The first-order valence-electron chi connectivity index (χ1n) is 6.58. The van der Waals surface area contributed by atoms with Crippen LogP contribution in [-0.4, -0.2) is 26.8 Å². The minimum Gasteiger partial charge on any atom is -0.351 e. The number of aromatic nitrogens is 2. The Morgan fingerprint density at radius 2 is 2.19 bits per heavy atom. The van der Waals surface area contributed by atoms with Crippen LogP contribution in [0, 0.1) is 5.82 Å². The van der Waals surface area contributed by atoms with Gasteiger partial charge in [-0.15, -0.1) is 0 Å². The highest BCUT2D eigenvalue weighted by Crippen LogP contribution is 2.20. The molecule has 0 aliphatic rings. The Labute approximate surface area is 127 Å². The Hall–Kier alpha value is -1.82. The lowest BCUT2D eigenvalue weighted by atomic mass is 10.1. The van der Waals surface area contributed by atoms with Gasteiger partial charge in [-0.25, -0.2) is 9.37 Å². The van der Waals surface area contributed by atoms with Crippen LogP contribution in [0.2, 0.25) is 0 Å². The molecule has 0 fully saturated rings. The van der Waals surface area contributed by atoms with E-state index in [-0.39, 0.29) is 23.0 Å². The zero-order valence-corrected chi connectivity index (χ0v) is 13.1. The zero-order chi connectivity index (χ0) is 15.5. The summed E-state index contributed by atoms with van der Waals surface area (Å²) in [6.45, 7) is 5.80. The molecule has 0 saturated carbocycles. The van der Waals surface area contributed by atoms with Crippen LogP contribution in [0.25, 0.3) is 5.69 Å². The quantitative estimate of drug-likeness (QED) is 0.883. The van der Waals surface area contributed by atoms with E-state index in [1.807, 2.05) is 20.8 Å². The third kappa shape index (κ3) is 4.60. The molecule has 6 heteroatoms. The van der Waals surface area contributed by atoms with Crippen molar-refractivity contribution in [1.82, 2.24) is 14.9 Å². The third-order valence-electron chi connectivity index (χ3n) is 2.54. The van der Waals surface area contributed by atoms with Crippen LogP contribution in [0.1, 0.15) is 20.8 Å². The van der Waals surface area contributed by atoms with Gasteiger partial charge in [0.2, 0.25) is 5.91 Å². The van der Waals surface area contributed by atoms with Crippen LogP contribution >= 0.6 is 11.8 Å². The smallest absolute Gasteiger partial charge is 0.230 e. The summed E-state index contributed by atoms with van der Waals surface area (Å²) in [7, 11) is 0. The number of carbonyl (C=O) groups is 1. The summed E-state index contributed by atoms with van der Waals surface area (Å²) in [5.74, 6) is -0.0900. The monoisotopic (exact) mass is 307 g/mol. The van der Waals surface area contributed by atoms with Crippen molar-refractivity contribution >= 4 is 17.7 Å². The van der Waals surface area contributed by atoms with Crippen molar-refractivity contribution in [3.8, 4) is 5.69 Å². The first-order valence-corrected chi connectivity index (χ1v) is 7.57. The summed E-state index contributed by atoms with van der Waals surface area (Å²) >= 11 is 1.32. The summed E-state index contributed by atoms with van der Waals surface area (Å²) in [5.41, 5.74) is 0.432. The Balaban J connectivity index is 2.06. The number of amides is 1. The van der Waals surface area contributed by atoms with Crippen molar-refractivity contribution in [3.63, 3.8) is 0 Å². The highest BCUT2D eigenvalue weighted by atomic mass is 32.2. The fraction of sp³-hybridized carbons (Fsp3) is 0.333. The van der Waals surface area contributed by atoms with Crippen LogP contribution in [0.4, 0.5) is 4.39 Å². The molecule has 0 spiro atoms. The Morgan fingerprint density at radius 1 is 1.43 bits per heavy atom. The fourth-order valence-electron chi connectivity index (χ4n) is 1.80. The summed E-state index contributed by atoms with van der Waals surface area (Å²) in [4.78, 5) is 16.0. The van der Waals surface area contributed by atoms with Crippen molar-refractivity contribution < 1.29 is 9.18 Å². The van der Waals surface area contributed by atoms with Gasteiger partial charge in [-0.3, -0.25) is 9.36 Å². The molecular weight excluding hydrogens is 289 g/mol. The molecular formula is C15H18FN3OS. The van der Waals surface area contributed by atoms with Crippen molar-refractivity contribution in [1.29, 1.82) is 0 Å². The van der Waals surface area contributed by atoms with Gasteiger partial charge in [0.25, 0.3) is 0 Å². The molecule has 21 heavy (non-hydrogen) atoms. The average Bonchev–Trinajstić information content (AvgIpc) is 2.82. The van der Waals surface area contributed by atoms with Gasteiger partial charge in [0.1, 0.15) is 5.82 Å². The number of benzene rings is 1. The van der Waals surface area contributed by atoms with Crippen molar-refractivity contribution in [3.05, 3.63) is 42.5 Å². The van der Waals surface area contributed by atoms with E-state index in [1.54, 1.807) is 29.1 Å². The van der Waals surface area contributed by atoms with E-state index < -0.39 is 0 Å². The standard InChI is InChI=1S/C15H18FN3OS/c1-15(2,3)18-13(20)10-21-14-17-7-8-19(14)12-6-4-5-11(16)9-12/h4-9H,10H2,1-3H3,(H,18,20). The van der Waals surface area contributed by atoms with Crippen molar-refractivity contribution in [2.75, 3.05) is 5.75 Å². The Bertz CT molecular complexity index is 634. The lowest BCUT2D eigenvalue weighted by Crippen LogP contribution is -2.41. The molecule has 2 rings (SSSR count). The molecule has 0 saturated heterocycles. The van der Waals surface area contributed by atoms with Crippen LogP contribution in [-0.2, 0) is 4.79 Å². The number of rotatable bonds is 4. The molecule has 1 N–H and O–H groups in total. The van der Waals surface area contributed by atoms with E-state index in [2.05, 4.69) is 10.3 Å². The Morgan fingerprint density at radius 3 is 2.86 bits per heavy atom. The van der Waals surface area contributed by atoms with E-state index in [0.717, 1.165) is 0 Å². The van der Waals surface area contributed by atoms with Crippen LogP contribution in [0.5, 0.6) is 0 Å². The molecule has 1 aromatic heterocycles. The van der Waals surface area contributed by atoms with Gasteiger partial charge in [0.15, 0.2) is 5.16 Å². The number of imidazole rings is 1. The largest absolute Gasteiger partial charge is 0.351 e. The second-order valence-corrected chi connectivity index (χ2v) is 6.59. The molecule has 0 aliphatic heterocycles. The fourth-order valence-corrected chi connectivity index (χ4v) is 2.58. The molecule has 1 aromatic carbocycles. The number of thioether (sulfide) groups is 1. The summed E-state index contributed by atoms with van der Waals surface area (Å²) < 4.78 is 15.0.